The molecule has 1 saturated carbocycles. The fourth-order valence-corrected chi connectivity index (χ4v) is 2.27. The first-order valence-electron chi connectivity index (χ1n) is 6.01. The zero-order chi connectivity index (χ0) is 13.0. The number of benzene rings is 1. The predicted octanol–water partition coefficient (Wildman–Crippen LogP) is 2.87. The van der Waals surface area contributed by atoms with Gasteiger partial charge in [-0.05, 0) is 42.4 Å². The van der Waals surface area contributed by atoms with Gasteiger partial charge in [-0.1, -0.05) is 6.07 Å². The van der Waals surface area contributed by atoms with E-state index in [0.29, 0.717) is 18.5 Å². The normalized spacial score (nSPS) is 14.9. The molecule has 0 radical (unpaired) electrons. The zero-order valence-electron chi connectivity index (χ0n) is 10.9. The molecule has 1 fully saturated rings. The van der Waals surface area contributed by atoms with Gasteiger partial charge in [0, 0.05) is 11.8 Å². The maximum Gasteiger partial charge on any atom is 0.189 e. The van der Waals surface area contributed by atoms with Gasteiger partial charge in [-0.2, -0.15) is 11.8 Å². The third-order valence-corrected chi connectivity index (χ3v) is 3.42. The number of aliphatic imine (C=N–C) groups is 1. The second kappa shape index (κ2) is 7.94. The van der Waals surface area contributed by atoms with Gasteiger partial charge in [0.1, 0.15) is 5.82 Å². The van der Waals surface area contributed by atoms with Gasteiger partial charge in [-0.15, -0.1) is 24.0 Å². The van der Waals surface area contributed by atoms with Gasteiger partial charge in [0.2, 0.25) is 0 Å². The first-order chi connectivity index (χ1) is 8.69. The largest absolute Gasteiger partial charge is 0.370 e. The first kappa shape index (κ1) is 16.6. The molecule has 1 aliphatic carbocycles. The van der Waals surface area contributed by atoms with Crippen LogP contribution in [0.5, 0.6) is 0 Å². The van der Waals surface area contributed by atoms with Crippen molar-refractivity contribution in [3.8, 4) is 0 Å². The summed E-state index contributed by atoms with van der Waals surface area (Å²) in [4.78, 5) is 4.30. The second-order valence-corrected chi connectivity index (χ2v) is 5.33. The Balaban J connectivity index is 0.00000180. The van der Waals surface area contributed by atoms with Crippen LogP contribution in [0.15, 0.2) is 23.2 Å². The Morgan fingerprint density at radius 3 is 2.84 bits per heavy atom. The molecule has 0 aliphatic heterocycles. The number of nitrogens with one attached hydrogen (secondary N) is 1. The van der Waals surface area contributed by atoms with Crippen LogP contribution in [0.3, 0.4) is 0 Å². The van der Waals surface area contributed by atoms with Crippen LogP contribution >= 0.6 is 35.7 Å². The van der Waals surface area contributed by atoms with Crippen LogP contribution in [0, 0.1) is 5.82 Å². The summed E-state index contributed by atoms with van der Waals surface area (Å²) < 4.78 is 13.2. The third kappa shape index (κ3) is 5.56. The van der Waals surface area contributed by atoms with Gasteiger partial charge in [-0.3, -0.25) is 0 Å². The van der Waals surface area contributed by atoms with Gasteiger partial charge >= 0.3 is 0 Å². The van der Waals surface area contributed by atoms with E-state index < -0.39 is 0 Å². The second-order valence-electron chi connectivity index (χ2n) is 4.47. The molecule has 2 rings (SSSR count). The lowest BCUT2D eigenvalue weighted by molar-refractivity contribution is 0.625. The fraction of sp³-hybridized carbons (Fsp3) is 0.462. The average molecular weight is 395 g/mol. The maximum atomic E-state index is 13.2. The highest BCUT2D eigenvalue weighted by Crippen LogP contribution is 2.19. The van der Waals surface area contributed by atoms with Crippen molar-refractivity contribution >= 4 is 41.7 Å². The predicted molar refractivity (Wildman–Crippen MR) is 90.5 cm³/mol. The molecule has 19 heavy (non-hydrogen) atoms. The molecule has 6 heteroatoms. The lowest BCUT2D eigenvalue weighted by atomic mass is 10.1. The van der Waals surface area contributed by atoms with Gasteiger partial charge in [0.05, 0.1) is 6.54 Å². The van der Waals surface area contributed by atoms with E-state index >= 15 is 0 Å². The molecule has 0 spiro atoms. The molecule has 1 aliphatic rings. The van der Waals surface area contributed by atoms with E-state index in [4.69, 9.17) is 5.73 Å². The van der Waals surface area contributed by atoms with Crippen LogP contribution in [0.1, 0.15) is 24.0 Å². The summed E-state index contributed by atoms with van der Waals surface area (Å²) in [6.07, 6.45) is 4.34. The van der Waals surface area contributed by atoms with E-state index in [2.05, 4.69) is 10.3 Å². The molecule has 0 heterocycles. The third-order valence-electron chi connectivity index (χ3n) is 2.82. The highest BCUT2D eigenvalue weighted by atomic mass is 127. The number of guanidine groups is 1. The molecule has 0 aromatic heterocycles. The lowest BCUT2D eigenvalue weighted by Crippen LogP contribution is -2.33. The summed E-state index contributed by atoms with van der Waals surface area (Å²) >= 11 is 1.67. The number of nitrogens with zero attached hydrogens (tertiary/aromatic N) is 1. The van der Waals surface area contributed by atoms with E-state index in [1.807, 2.05) is 6.26 Å². The van der Waals surface area contributed by atoms with Crippen LogP contribution in [0.2, 0.25) is 0 Å². The number of hydrogen-bond acceptors (Lipinski definition) is 2. The SMILES string of the molecule is CSCc1cc(F)ccc1CN=C(N)NC1CC1.I. The van der Waals surface area contributed by atoms with E-state index in [1.165, 1.54) is 18.9 Å². The van der Waals surface area contributed by atoms with Crippen molar-refractivity contribution in [3.05, 3.63) is 35.1 Å². The van der Waals surface area contributed by atoms with Crippen LogP contribution in [-0.2, 0) is 12.3 Å². The van der Waals surface area contributed by atoms with Crippen molar-refractivity contribution in [3.63, 3.8) is 0 Å². The number of halogens is 2. The fourth-order valence-electron chi connectivity index (χ4n) is 1.69. The van der Waals surface area contributed by atoms with E-state index in [9.17, 15) is 4.39 Å². The summed E-state index contributed by atoms with van der Waals surface area (Å²) in [6.45, 7) is 0.502. The maximum absolute atomic E-state index is 13.2. The number of hydrogen-bond donors (Lipinski definition) is 2. The molecule has 0 unspecified atom stereocenters. The summed E-state index contributed by atoms with van der Waals surface area (Å²) in [5.41, 5.74) is 7.80. The Hall–Kier alpha value is -0.500. The molecule has 0 amide bonds. The summed E-state index contributed by atoms with van der Waals surface area (Å²) in [5, 5.41) is 3.14. The van der Waals surface area contributed by atoms with Crippen molar-refractivity contribution < 1.29 is 4.39 Å². The molecule has 106 valence electrons. The Morgan fingerprint density at radius 2 is 2.21 bits per heavy atom. The topological polar surface area (TPSA) is 50.4 Å². The Labute approximate surface area is 134 Å². The summed E-state index contributed by atoms with van der Waals surface area (Å²) in [7, 11) is 0. The minimum atomic E-state index is -0.198. The van der Waals surface area contributed by atoms with Crippen LogP contribution in [0.25, 0.3) is 0 Å². The number of thioether (sulfide) groups is 1. The smallest absolute Gasteiger partial charge is 0.189 e. The van der Waals surface area contributed by atoms with Crippen molar-refractivity contribution in [1.82, 2.24) is 5.32 Å². The van der Waals surface area contributed by atoms with Gasteiger partial charge in [0.15, 0.2) is 5.96 Å². The molecule has 3 N–H and O–H groups in total. The monoisotopic (exact) mass is 395 g/mol. The van der Waals surface area contributed by atoms with Crippen LogP contribution in [-0.4, -0.2) is 18.3 Å². The van der Waals surface area contributed by atoms with Crippen LogP contribution < -0.4 is 11.1 Å². The Kier molecular flexibility index (Phi) is 6.92. The van der Waals surface area contributed by atoms with Gasteiger partial charge in [-0.25, -0.2) is 9.38 Å². The molecule has 1 aromatic carbocycles. The van der Waals surface area contributed by atoms with Gasteiger partial charge in [0.25, 0.3) is 0 Å². The van der Waals surface area contributed by atoms with Crippen molar-refractivity contribution in [1.29, 1.82) is 0 Å². The van der Waals surface area contributed by atoms with E-state index in [1.54, 1.807) is 23.9 Å². The highest BCUT2D eigenvalue weighted by molar-refractivity contribution is 14.0. The Morgan fingerprint density at radius 1 is 1.47 bits per heavy atom. The minimum absolute atomic E-state index is 0. The molecule has 0 bridgehead atoms. The minimum Gasteiger partial charge on any atom is -0.370 e. The summed E-state index contributed by atoms with van der Waals surface area (Å²) in [6, 6.07) is 5.34. The summed E-state index contributed by atoms with van der Waals surface area (Å²) in [5.74, 6) is 1.08. The zero-order valence-corrected chi connectivity index (χ0v) is 14.0. The molecule has 0 saturated heterocycles. The lowest BCUT2D eigenvalue weighted by Gasteiger charge is -2.08. The highest BCUT2D eigenvalue weighted by Gasteiger charge is 2.21. The molecular formula is C13H19FIN3S. The molecule has 3 nitrogen and oxygen atoms in total. The molecule has 1 aromatic rings. The molecule has 0 atom stereocenters. The van der Waals surface area contributed by atoms with Crippen molar-refractivity contribution in [2.75, 3.05) is 6.26 Å². The average Bonchev–Trinajstić information content (AvgIpc) is 3.12. The first-order valence-corrected chi connectivity index (χ1v) is 7.41. The van der Waals surface area contributed by atoms with E-state index in [-0.39, 0.29) is 29.8 Å². The molecular weight excluding hydrogens is 376 g/mol. The van der Waals surface area contributed by atoms with Crippen molar-refractivity contribution in [2.24, 2.45) is 10.7 Å². The van der Waals surface area contributed by atoms with Crippen LogP contribution in [0.4, 0.5) is 4.39 Å². The van der Waals surface area contributed by atoms with Crippen molar-refractivity contribution in [2.45, 2.75) is 31.2 Å². The standard InChI is InChI=1S/C13H18FN3S.HI/c1-18-8-10-6-11(14)3-2-9(10)7-16-13(15)17-12-4-5-12;/h2-3,6,12H,4-5,7-8H2,1H3,(H3,15,16,17);1H. The Bertz CT molecular complexity index is 450. The quantitative estimate of drug-likeness (QED) is 0.458. The number of rotatable bonds is 5. The van der Waals surface area contributed by atoms with E-state index in [0.717, 1.165) is 16.9 Å². The number of nitrogens with two attached hydrogens (primary N) is 1. The van der Waals surface area contributed by atoms with Gasteiger partial charge < -0.3 is 11.1 Å².